The maximum Gasteiger partial charge on any atom is 0.145 e. The number of rotatable bonds is 7. The first-order chi connectivity index (χ1) is 17.7. The van der Waals surface area contributed by atoms with Gasteiger partial charge in [-0.2, -0.15) is 0 Å². The summed E-state index contributed by atoms with van der Waals surface area (Å²) in [5.41, 5.74) is 6.60. The number of H-pyrrole nitrogens is 1. The molecule has 0 spiro atoms. The third kappa shape index (κ3) is 4.37. The summed E-state index contributed by atoms with van der Waals surface area (Å²) in [5, 5.41) is 5.73. The van der Waals surface area contributed by atoms with Crippen molar-refractivity contribution < 1.29 is 4.42 Å². The van der Waals surface area contributed by atoms with Crippen molar-refractivity contribution in [1.29, 1.82) is 0 Å². The Morgan fingerprint density at radius 3 is 2.86 bits per heavy atom. The molecule has 0 aliphatic carbocycles. The van der Waals surface area contributed by atoms with Crippen LogP contribution in [-0.4, -0.2) is 36.2 Å². The molecule has 0 amide bonds. The Hall–Kier alpha value is -3.64. The molecule has 0 radical (unpaired) electrons. The molecule has 182 valence electrons. The van der Waals surface area contributed by atoms with E-state index in [0.29, 0.717) is 0 Å². The number of furan rings is 1. The van der Waals surface area contributed by atoms with Crippen molar-refractivity contribution in [3.63, 3.8) is 0 Å². The molecule has 3 aromatic heterocycles. The second-order valence-corrected chi connectivity index (χ2v) is 10.4. The van der Waals surface area contributed by atoms with Crippen LogP contribution in [0.25, 0.3) is 43.0 Å². The summed E-state index contributed by atoms with van der Waals surface area (Å²) in [6.45, 7) is 7.04. The lowest BCUT2D eigenvalue weighted by Crippen LogP contribution is -2.30. The van der Waals surface area contributed by atoms with E-state index in [0.717, 1.165) is 76.7 Å². The highest BCUT2D eigenvalue weighted by Crippen LogP contribution is 2.39. The number of aliphatic imine (C=N–C) groups is 2. The fraction of sp³-hybridized carbons (Fsp3) is 0.267. The van der Waals surface area contributed by atoms with Crippen molar-refractivity contribution in [2.75, 3.05) is 19.6 Å². The van der Waals surface area contributed by atoms with Crippen molar-refractivity contribution >= 4 is 44.8 Å². The minimum atomic E-state index is 0.878. The number of hydrogen-bond donors (Lipinski definition) is 2. The Labute approximate surface area is 215 Å². The van der Waals surface area contributed by atoms with E-state index in [4.69, 9.17) is 9.41 Å². The number of hydrogen-bond acceptors (Lipinski definition) is 5. The largest absolute Gasteiger partial charge is 0.455 e. The topological polar surface area (TPSA) is 65.7 Å². The van der Waals surface area contributed by atoms with Crippen molar-refractivity contribution in [3.05, 3.63) is 71.9 Å². The van der Waals surface area contributed by atoms with Gasteiger partial charge in [0.15, 0.2) is 0 Å². The maximum absolute atomic E-state index is 6.29. The van der Waals surface area contributed by atoms with Gasteiger partial charge < -0.3 is 14.7 Å². The first-order valence-electron chi connectivity index (χ1n) is 12.7. The molecule has 4 heterocycles. The van der Waals surface area contributed by atoms with Gasteiger partial charge in [-0.25, -0.2) is 0 Å². The molecule has 5 nitrogen and oxygen atoms in total. The summed E-state index contributed by atoms with van der Waals surface area (Å²) in [6.07, 6.45) is 5.49. The van der Waals surface area contributed by atoms with Crippen molar-refractivity contribution in [1.82, 2.24) is 10.3 Å². The molecule has 0 bridgehead atoms. The van der Waals surface area contributed by atoms with Gasteiger partial charge in [0, 0.05) is 63.8 Å². The fourth-order valence-electron chi connectivity index (χ4n) is 4.69. The van der Waals surface area contributed by atoms with Gasteiger partial charge in [-0.3, -0.25) is 9.98 Å². The van der Waals surface area contributed by atoms with Crippen LogP contribution in [-0.2, 0) is 0 Å². The van der Waals surface area contributed by atoms with Crippen LogP contribution in [0, 0.1) is 0 Å². The predicted molar refractivity (Wildman–Crippen MR) is 153 cm³/mol. The molecule has 0 unspecified atom stereocenters. The first-order valence-corrected chi connectivity index (χ1v) is 13.6. The zero-order valence-corrected chi connectivity index (χ0v) is 21.5. The smallest absolute Gasteiger partial charge is 0.145 e. The number of aromatic nitrogens is 1. The summed E-state index contributed by atoms with van der Waals surface area (Å²) >= 11 is 1.76. The summed E-state index contributed by atoms with van der Waals surface area (Å²) < 4.78 is 6.29. The average molecular weight is 495 g/mol. The zero-order valence-electron chi connectivity index (χ0n) is 20.7. The minimum absolute atomic E-state index is 0.878. The SMILES string of the molecule is CCCCN=C(C)c1ccc2c(-c3ccc(-c4cc5ccc(C6=NCCCN6)cc5o4)s3)c[nH]c2c1. The molecular weight excluding hydrogens is 464 g/mol. The van der Waals surface area contributed by atoms with E-state index >= 15 is 0 Å². The van der Waals surface area contributed by atoms with Gasteiger partial charge in [0.1, 0.15) is 17.2 Å². The van der Waals surface area contributed by atoms with Gasteiger partial charge in [-0.05, 0) is 55.7 Å². The van der Waals surface area contributed by atoms with Gasteiger partial charge in [0.25, 0.3) is 0 Å². The third-order valence-corrected chi connectivity index (χ3v) is 7.90. The molecular formula is C30H30N4OS. The Bertz CT molecular complexity index is 1600. The van der Waals surface area contributed by atoms with E-state index < -0.39 is 0 Å². The molecule has 0 saturated carbocycles. The molecule has 5 aromatic rings. The van der Waals surface area contributed by atoms with E-state index in [1.807, 2.05) is 0 Å². The lowest BCUT2D eigenvalue weighted by atomic mass is 10.1. The highest BCUT2D eigenvalue weighted by atomic mass is 32.1. The first kappa shape index (κ1) is 22.8. The maximum atomic E-state index is 6.29. The molecule has 2 aromatic carbocycles. The Balaban J connectivity index is 1.27. The monoisotopic (exact) mass is 494 g/mol. The van der Waals surface area contributed by atoms with Crippen LogP contribution in [0.2, 0.25) is 0 Å². The quantitative estimate of drug-likeness (QED) is 0.180. The van der Waals surface area contributed by atoms with Crippen LogP contribution in [0.4, 0.5) is 0 Å². The number of nitrogens with one attached hydrogen (secondary N) is 2. The number of nitrogens with zero attached hydrogens (tertiary/aromatic N) is 2. The van der Waals surface area contributed by atoms with Crippen LogP contribution in [0.5, 0.6) is 0 Å². The van der Waals surface area contributed by atoms with Gasteiger partial charge in [-0.15, -0.1) is 11.3 Å². The van der Waals surface area contributed by atoms with Crippen LogP contribution >= 0.6 is 11.3 Å². The number of fused-ring (bicyclic) bond motifs is 2. The van der Waals surface area contributed by atoms with Gasteiger partial charge in [0.2, 0.25) is 0 Å². The standard InChI is InChI=1S/C30H30N4OS/c1-3-4-12-31-19(2)20-8-9-23-24(18-34-25(23)15-20)28-10-11-29(36-28)27-16-21-6-7-22(17-26(21)35-27)30-32-13-5-14-33-30/h6-11,15-18,34H,3-5,12-14H2,1-2H3,(H,32,33). The van der Waals surface area contributed by atoms with E-state index in [1.165, 1.54) is 27.8 Å². The van der Waals surface area contributed by atoms with Gasteiger partial charge in [0.05, 0.1) is 4.88 Å². The number of unbranched alkanes of at least 4 members (excludes halogenated alkanes) is 1. The van der Waals surface area contributed by atoms with E-state index in [9.17, 15) is 0 Å². The summed E-state index contributed by atoms with van der Waals surface area (Å²) in [5.74, 6) is 1.86. The number of aromatic amines is 1. The van der Waals surface area contributed by atoms with Crippen LogP contribution < -0.4 is 5.32 Å². The van der Waals surface area contributed by atoms with Crippen LogP contribution in [0.1, 0.15) is 44.2 Å². The van der Waals surface area contributed by atoms with E-state index in [1.54, 1.807) is 11.3 Å². The predicted octanol–water partition coefficient (Wildman–Crippen LogP) is 7.66. The van der Waals surface area contributed by atoms with Crippen molar-refractivity contribution in [2.45, 2.75) is 33.1 Å². The molecule has 1 aliphatic rings. The second-order valence-electron chi connectivity index (χ2n) is 9.32. The lowest BCUT2D eigenvalue weighted by Gasteiger charge is -2.14. The minimum Gasteiger partial charge on any atom is -0.455 e. The zero-order chi connectivity index (χ0) is 24.5. The number of thiophene rings is 1. The fourth-order valence-corrected chi connectivity index (χ4v) is 5.68. The van der Waals surface area contributed by atoms with E-state index in [2.05, 4.69) is 89.9 Å². The Morgan fingerprint density at radius 2 is 2.00 bits per heavy atom. The highest BCUT2D eigenvalue weighted by molar-refractivity contribution is 7.18. The number of benzene rings is 2. The highest BCUT2D eigenvalue weighted by Gasteiger charge is 2.15. The molecule has 36 heavy (non-hydrogen) atoms. The van der Waals surface area contributed by atoms with Gasteiger partial charge >= 0.3 is 0 Å². The lowest BCUT2D eigenvalue weighted by molar-refractivity contribution is 0.633. The normalized spacial score (nSPS) is 14.4. The Morgan fingerprint density at radius 1 is 1.08 bits per heavy atom. The second kappa shape index (κ2) is 9.78. The Kier molecular flexibility index (Phi) is 6.20. The molecule has 1 aliphatic heterocycles. The molecule has 2 N–H and O–H groups in total. The summed E-state index contributed by atoms with van der Waals surface area (Å²) in [6, 6.07) is 19.4. The van der Waals surface area contributed by atoms with Crippen molar-refractivity contribution in [3.8, 4) is 21.1 Å². The molecule has 0 saturated heterocycles. The summed E-state index contributed by atoms with van der Waals surface area (Å²) in [4.78, 5) is 15.2. The average Bonchev–Trinajstić information content (AvgIpc) is 3.66. The van der Waals surface area contributed by atoms with Gasteiger partial charge in [-0.1, -0.05) is 37.6 Å². The summed E-state index contributed by atoms with van der Waals surface area (Å²) in [7, 11) is 0. The van der Waals surface area contributed by atoms with Crippen molar-refractivity contribution in [2.24, 2.45) is 9.98 Å². The molecule has 0 atom stereocenters. The number of amidine groups is 1. The molecule has 0 fully saturated rings. The van der Waals surface area contributed by atoms with E-state index in [-0.39, 0.29) is 0 Å². The molecule has 6 heteroatoms. The third-order valence-electron chi connectivity index (χ3n) is 6.77. The van der Waals surface area contributed by atoms with Crippen LogP contribution in [0.3, 0.4) is 0 Å². The van der Waals surface area contributed by atoms with Crippen LogP contribution in [0.15, 0.2) is 75.2 Å². The molecule has 6 rings (SSSR count).